The van der Waals surface area contributed by atoms with Crippen molar-refractivity contribution in [3.05, 3.63) is 35.0 Å². The molecular formula is C27H31F3N4O3S2. The Hall–Kier alpha value is -2.65. The second-order valence-corrected chi connectivity index (χ2v) is 14.2. The van der Waals surface area contributed by atoms with Crippen molar-refractivity contribution in [3.8, 4) is 16.5 Å². The van der Waals surface area contributed by atoms with E-state index in [1.165, 1.54) is 11.3 Å². The van der Waals surface area contributed by atoms with Gasteiger partial charge in [0.2, 0.25) is 11.8 Å². The van der Waals surface area contributed by atoms with Crippen LogP contribution in [0.25, 0.3) is 10.4 Å². The molecule has 210 valence electrons. The van der Waals surface area contributed by atoms with Crippen LogP contribution in [-0.4, -0.2) is 62.0 Å². The van der Waals surface area contributed by atoms with E-state index in [1.54, 1.807) is 6.92 Å². The number of hydrogen-bond acceptors (Lipinski definition) is 7. The summed E-state index contributed by atoms with van der Waals surface area (Å²) >= 11 is 1.35. The van der Waals surface area contributed by atoms with Gasteiger partial charge in [0.15, 0.2) is 9.84 Å². The van der Waals surface area contributed by atoms with Crippen LogP contribution in [0.1, 0.15) is 61.6 Å². The predicted octanol–water partition coefficient (Wildman–Crippen LogP) is 4.81. The minimum Gasteiger partial charge on any atom is -0.369 e. The molecule has 1 aromatic heterocycles. The lowest BCUT2D eigenvalue weighted by molar-refractivity contribution is -0.127. The first-order valence-corrected chi connectivity index (χ1v) is 15.9. The number of sulfone groups is 1. The number of carbonyl (C=O) groups excluding carboxylic acids is 1. The summed E-state index contributed by atoms with van der Waals surface area (Å²) in [5, 5.41) is 12.4. The Labute approximate surface area is 230 Å². The summed E-state index contributed by atoms with van der Waals surface area (Å²) in [6.07, 6.45) is -1.01. The molecule has 1 aliphatic heterocycles. The third-order valence-corrected chi connectivity index (χ3v) is 10.9. The molecule has 0 spiro atoms. The Morgan fingerprint density at radius 2 is 1.87 bits per heavy atom. The molecule has 5 rings (SSSR count). The molecule has 7 nitrogen and oxygen atoms in total. The normalized spacial score (nSPS) is 27.3. The van der Waals surface area contributed by atoms with Crippen molar-refractivity contribution < 1.29 is 26.4 Å². The number of alkyl halides is 3. The number of hydrogen-bond donors (Lipinski definition) is 1. The van der Waals surface area contributed by atoms with Gasteiger partial charge in [-0.1, -0.05) is 12.1 Å². The van der Waals surface area contributed by atoms with Crippen molar-refractivity contribution in [1.29, 1.82) is 5.26 Å². The van der Waals surface area contributed by atoms with Crippen molar-refractivity contribution in [2.75, 3.05) is 29.5 Å². The van der Waals surface area contributed by atoms with E-state index < -0.39 is 45.7 Å². The van der Waals surface area contributed by atoms with Gasteiger partial charge in [-0.3, -0.25) is 4.79 Å². The first kappa shape index (κ1) is 27.9. The highest BCUT2D eigenvalue weighted by Crippen LogP contribution is 2.52. The molecule has 1 aromatic carbocycles. The maximum absolute atomic E-state index is 14.5. The number of rotatable bonds is 6. The topological polar surface area (TPSA) is 103 Å². The number of thiazole rings is 1. The van der Waals surface area contributed by atoms with E-state index in [9.17, 15) is 26.4 Å². The number of benzene rings is 1. The molecule has 3 fully saturated rings. The quantitative estimate of drug-likeness (QED) is 0.526. The van der Waals surface area contributed by atoms with Crippen LogP contribution in [0.3, 0.4) is 0 Å². The lowest BCUT2D eigenvalue weighted by Gasteiger charge is -2.34. The summed E-state index contributed by atoms with van der Waals surface area (Å²) < 4.78 is 65.5. The van der Waals surface area contributed by atoms with Crippen molar-refractivity contribution in [2.24, 2.45) is 5.92 Å². The fourth-order valence-electron chi connectivity index (χ4n) is 5.70. The second-order valence-electron chi connectivity index (χ2n) is 10.9. The third-order valence-electron chi connectivity index (χ3n) is 7.97. The van der Waals surface area contributed by atoms with Crippen molar-refractivity contribution in [3.63, 3.8) is 0 Å². The lowest BCUT2D eigenvalue weighted by Crippen LogP contribution is -2.42. The highest BCUT2D eigenvalue weighted by atomic mass is 32.2. The molecule has 3 aliphatic rings. The number of nitrogens with zero attached hydrogens (tertiary/aromatic N) is 3. The molecule has 4 unspecified atom stereocenters. The van der Waals surface area contributed by atoms with Gasteiger partial charge >= 0.3 is 0 Å². The smallest absolute Gasteiger partial charge is 0.249 e. The number of nitriles is 1. The lowest BCUT2D eigenvalue weighted by atomic mass is 9.75. The number of halogens is 3. The van der Waals surface area contributed by atoms with Gasteiger partial charge in [-0.25, -0.2) is 26.6 Å². The fraction of sp³-hybridized carbons (Fsp3) is 0.593. The summed E-state index contributed by atoms with van der Waals surface area (Å²) in [6.45, 7) is 2.39. The summed E-state index contributed by atoms with van der Waals surface area (Å²) in [4.78, 5) is 20.7. The van der Waals surface area contributed by atoms with Crippen LogP contribution < -0.4 is 10.2 Å². The molecule has 39 heavy (non-hydrogen) atoms. The van der Waals surface area contributed by atoms with Crippen molar-refractivity contribution in [1.82, 2.24) is 10.3 Å². The molecule has 1 saturated heterocycles. The number of aromatic nitrogens is 1. The number of nitrogens with one attached hydrogen (secondary N) is 1. The zero-order chi connectivity index (χ0) is 27.9. The molecule has 1 N–H and O–H groups in total. The number of amides is 1. The van der Waals surface area contributed by atoms with Gasteiger partial charge in [0, 0.05) is 49.4 Å². The molecule has 0 radical (unpaired) electrons. The maximum atomic E-state index is 14.5. The number of carbonyl (C=O) groups is 1. The minimum atomic E-state index is -3.01. The third kappa shape index (κ3) is 6.09. The molecule has 12 heteroatoms. The zero-order valence-corrected chi connectivity index (χ0v) is 23.2. The average Bonchev–Trinajstić information content (AvgIpc) is 3.32. The molecule has 1 amide bonds. The number of anilines is 1. The molecule has 0 bridgehead atoms. The van der Waals surface area contributed by atoms with E-state index in [4.69, 9.17) is 10.2 Å². The summed E-state index contributed by atoms with van der Waals surface area (Å²) in [5.74, 6) is -4.39. The Balaban J connectivity index is 1.47. The van der Waals surface area contributed by atoms with Crippen LogP contribution in [0.15, 0.2) is 24.3 Å². The van der Waals surface area contributed by atoms with Gasteiger partial charge in [-0.05, 0) is 43.9 Å². The SMILES string of the molecule is CC(C#N)NC(=O)C1CC(F)CCC1c1nc(C2CC(F)(F)C2)sc1-c1ccc(N2CCS(=O)(=O)CC2)cc1. The first-order valence-electron chi connectivity index (χ1n) is 13.2. The van der Waals surface area contributed by atoms with Gasteiger partial charge in [0.25, 0.3) is 0 Å². The second kappa shape index (κ2) is 10.7. The van der Waals surface area contributed by atoms with Gasteiger partial charge in [0.1, 0.15) is 12.2 Å². The van der Waals surface area contributed by atoms with Gasteiger partial charge in [-0.15, -0.1) is 11.3 Å². The predicted molar refractivity (Wildman–Crippen MR) is 144 cm³/mol. The van der Waals surface area contributed by atoms with Crippen molar-refractivity contribution in [2.45, 2.75) is 69.0 Å². The van der Waals surface area contributed by atoms with Crippen molar-refractivity contribution >= 4 is 32.8 Å². The summed E-state index contributed by atoms with van der Waals surface area (Å²) in [7, 11) is -3.01. The fourth-order valence-corrected chi connectivity index (χ4v) is 8.14. The van der Waals surface area contributed by atoms with E-state index >= 15 is 0 Å². The zero-order valence-electron chi connectivity index (χ0n) is 21.6. The Morgan fingerprint density at radius 1 is 1.21 bits per heavy atom. The molecule has 2 heterocycles. The summed E-state index contributed by atoms with van der Waals surface area (Å²) in [5.41, 5.74) is 2.33. The van der Waals surface area contributed by atoms with E-state index in [2.05, 4.69) is 5.32 Å². The molecule has 2 aliphatic carbocycles. The minimum absolute atomic E-state index is 0.0131. The van der Waals surface area contributed by atoms with Crippen LogP contribution in [0.5, 0.6) is 0 Å². The van der Waals surface area contributed by atoms with Crippen LogP contribution in [0.2, 0.25) is 0 Å². The summed E-state index contributed by atoms with van der Waals surface area (Å²) in [6, 6.07) is 8.87. The van der Waals surface area contributed by atoms with E-state index in [1.807, 2.05) is 35.2 Å². The first-order chi connectivity index (χ1) is 18.4. The molecule has 2 saturated carbocycles. The van der Waals surface area contributed by atoms with Gasteiger partial charge in [0.05, 0.1) is 33.2 Å². The highest BCUT2D eigenvalue weighted by molar-refractivity contribution is 7.91. The van der Waals surface area contributed by atoms with Gasteiger partial charge < -0.3 is 10.2 Å². The van der Waals surface area contributed by atoms with E-state index in [-0.39, 0.29) is 43.1 Å². The van der Waals surface area contributed by atoms with Crippen LogP contribution in [-0.2, 0) is 14.6 Å². The maximum Gasteiger partial charge on any atom is 0.249 e. The Morgan fingerprint density at radius 3 is 2.49 bits per heavy atom. The molecular weight excluding hydrogens is 549 g/mol. The van der Waals surface area contributed by atoms with Gasteiger partial charge in [-0.2, -0.15) is 5.26 Å². The van der Waals surface area contributed by atoms with Crippen LogP contribution in [0, 0.1) is 17.2 Å². The monoisotopic (exact) mass is 580 g/mol. The van der Waals surface area contributed by atoms with E-state index in [0.29, 0.717) is 30.2 Å². The Bertz CT molecular complexity index is 1350. The molecule has 4 atom stereocenters. The standard InChI is InChI=1S/C27H31F3N4O3S2/c1-16(15-31)32-25(35)22-12-19(28)4-7-21(22)23-24(38-26(33-23)18-13-27(29,30)14-18)17-2-5-20(6-3-17)34-8-10-39(36,37)11-9-34/h2-3,5-6,16,18-19,21-22H,4,7-14H2,1H3,(H,32,35). The van der Waals surface area contributed by atoms with E-state index in [0.717, 1.165) is 16.1 Å². The largest absolute Gasteiger partial charge is 0.369 e. The highest BCUT2D eigenvalue weighted by Gasteiger charge is 2.48. The molecule has 2 aromatic rings. The van der Waals surface area contributed by atoms with Crippen LogP contribution in [0.4, 0.5) is 18.9 Å². The van der Waals surface area contributed by atoms with Crippen LogP contribution >= 0.6 is 11.3 Å². The Kier molecular flexibility index (Phi) is 7.68. The average molecular weight is 581 g/mol.